The van der Waals surface area contributed by atoms with Gasteiger partial charge in [0, 0.05) is 0 Å². The van der Waals surface area contributed by atoms with Crippen molar-refractivity contribution in [3.05, 3.63) is 118 Å². The van der Waals surface area contributed by atoms with Crippen LogP contribution in [0.4, 0.5) is 22.7 Å². The van der Waals surface area contributed by atoms with Crippen LogP contribution in [-0.4, -0.2) is 41.7 Å². The zero-order chi connectivity index (χ0) is 30.6. The Bertz CT molecular complexity index is 1670. The topological polar surface area (TPSA) is 150 Å². The Morgan fingerprint density at radius 1 is 0.714 bits per heavy atom. The van der Waals surface area contributed by atoms with Crippen molar-refractivity contribution in [1.82, 2.24) is 0 Å². The molecule has 4 rings (SSSR count). The normalized spacial score (nSPS) is 12.3. The molecule has 0 saturated heterocycles. The molecule has 1 N–H and O–H groups in total. The van der Waals surface area contributed by atoms with Crippen LogP contribution >= 0.6 is 0 Å². The molecule has 4 aromatic rings. The second-order valence-corrected chi connectivity index (χ2v) is 11.0. The third-order valence-corrected chi connectivity index (χ3v) is 7.85. The molecule has 0 bridgehead atoms. The van der Waals surface area contributed by atoms with E-state index < -0.39 is 34.5 Å². The standard InChI is InChI=1S/C30H28N2O8S2/c1-19-4-10-23(11-5-19)31(41(36)37)27-14-8-21(17-25(27)29(33)34)16-22-9-15-28(26(18-22)30(35)40-3)32(42(38)39)24-12-6-20(2)7-13-24/h4-15,17-18H,16H2,1-3H3,(H,33,34)(H,36,37)(H,38,39)/p-2. The highest BCUT2D eigenvalue weighted by atomic mass is 32.2. The zero-order valence-electron chi connectivity index (χ0n) is 22.8. The predicted octanol–water partition coefficient (Wildman–Crippen LogP) is 5.24. The lowest BCUT2D eigenvalue weighted by molar-refractivity contribution is 0.0600. The van der Waals surface area contributed by atoms with Gasteiger partial charge in [0.2, 0.25) is 0 Å². The number of aryl methyl sites for hydroxylation is 2. The van der Waals surface area contributed by atoms with E-state index in [1.807, 2.05) is 13.8 Å². The van der Waals surface area contributed by atoms with Crippen LogP contribution in [0.2, 0.25) is 0 Å². The molecule has 0 fully saturated rings. The fraction of sp³-hybridized carbons (Fsp3) is 0.133. The van der Waals surface area contributed by atoms with E-state index in [2.05, 4.69) is 0 Å². The first-order valence-electron chi connectivity index (χ1n) is 12.5. The molecule has 0 radical (unpaired) electrons. The Labute approximate surface area is 248 Å². The highest BCUT2D eigenvalue weighted by Gasteiger charge is 2.22. The molecule has 4 aromatic carbocycles. The summed E-state index contributed by atoms with van der Waals surface area (Å²) in [5, 5.41) is 9.95. The number of carboxylic acids is 1. The lowest BCUT2D eigenvalue weighted by Gasteiger charge is -2.28. The minimum atomic E-state index is -2.81. The van der Waals surface area contributed by atoms with Gasteiger partial charge in [0.05, 0.1) is 63.5 Å². The molecule has 0 aliphatic heterocycles. The van der Waals surface area contributed by atoms with Gasteiger partial charge < -0.3 is 18.9 Å². The molecule has 0 spiro atoms. The first kappa shape index (κ1) is 30.6. The van der Waals surface area contributed by atoms with Gasteiger partial charge in [-0.2, -0.15) is 0 Å². The highest BCUT2D eigenvalue weighted by Crippen LogP contribution is 2.34. The summed E-state index contributed by atoms with van der Waals surface area (Å²) in [6, 6.07) is 22.2. The van der Waals surface area contributed by atoms with Crippen molar-refractivity contribution in [2.24, 2.45) is 0 Å². The average Bonchev–Trinajstić information content (AvgIpc) is 2.95. The summed E-state index contributed by atoms with van der Waals surface area (Å²) in [6.45, 7) is 3.71. The molecule has 12 heteroatoms. The molecule has 42 heavy (non-hydrogen) atoms. The monoisotopic (exact) mass is 606 g/mol. The number of methoxy groups -OCH3 is 1. The van der Waals surface area contributed by atoms with Gasteiger partial charge in [-0.1, -0.05) is 47.5 Å². The van der Waals surface area contributed by atoms with Gasteiger partial charge in [0.1, 0.15) is 0 Å². The van der Waals surface area contributed by atoms with Crippen molar-refractivity contribution in [2.75, 3.05) is 15.7 Å². The average molecular weight is 607 g/mol. The van der Waals surface area contributed by atoms with Crippen LogP contribution in [0.1, 0.15) is 43.0 Å². The van der Waals surface area contributed by atoms with Crippen LogP contribution in [0.3, 0.4) is 0 Å². The van der Waals surface area contributed by atoms with Gasteiger partial charge in [0.15, 0.2) is 0 Å². The Morgan fingerprint density at radius 2 is 1.12 bits per heavy atom. The van der Waals surface area contributed by atoms with Crippen LogP contribution in [-0.2, 0) is 33.7 Å². The summed E-state index contributed by atoms with van der Waals surface area (Å²) in [7, 11) is 1.18. The molecule has 0 aliphatic rings. The molecule has 0 amide bonds. The van der Waals surface area contributed by atoms with Gasteiger partial charge in [-0.05, 0) is 79.9 Å². The highest BCUT2D eigenvalue weighted by molar-refractivity contribution is 7.81. The number of rotatable bonds is 10. The van der Waals surface area contributed by atoms with E-state index in [0.717, 1.165) is 19.7 Å². The molecular weight excluding hydrogens is 580 g/mol. The molecule has 0 aromatic heterocycles. The minimum absolute atomic E-state index is 0.0119. The quantitative estimate of drug-likeness (QED) is 0.190. The second kappa shape index (κ2) is 13.1. The van der Waals surface area contributed by atoms with Crippen LogP contribution < -0.4 is 8.61 Å². The van der Waals surface area contributed by atoms with Crippen LogP contribution in [0.15, 0.2) is 84.9 Å². The van der Waals surface area contributed by atoms with E-state index in [4.69, 9.17) is 4.74 Å². The number of ether oxygens (including phenoxy) is 1. The number of hydrogen-bond donors (Lipinski definition) is 1. The predicted molar refractivity (Wildman–Crippen MR) is 158 cm³/mol. The van der Waals surface area contributed by atoms with E-state index in [9.17, 15) is 32.2 Å². The Balaban J connectivity index is 1.74. The lowest BCUT2D eigenvalue weighted by atomic mass is 9.99. The summed E-state index contributed by atoms with van der Waals surface area (Å²) in [6.07, 6.45) is 0.154. The van der Waals surface area contributed by atoms with Crippen molar-refractivity contribution in [3.63, 3.8) is 0 Å². The number of aromatic carboxylic acids is 1. The smallest absolute Gasteiger partial charge is 0.340 e. The summed E-state index contributed by atoms with van der Waals surface area (Å²) in [5.41, 5.74) is 3.29. The SMILES string of the molecule is COC(=O)c1cc(Cc2ccc(N(c3ccc(C)cc3)S(=O)[O-])c(C(=O)O)c2)ccc1N(c1ccc(C)cc1)S(=O)[O-]. The largest absolute Gasteiger partial charge is 0.755 e. The van der Waals surface area contributed by atoms with Crippen LogP contribution in [0, 0.1) is 13.8 Å². The molecule has 0 heterocycles. The molecule has 2 atom stereocenters. The number of hydrogen-bond acceptors (Lipinski definition) is 7. The van der Waals surface area contributed by atoms with E-state index >= 15 is 0 Å². The summed E-state index contributed by atoms with van der Waals surface area (Å²) in [5.74, 6) is -2.09. The maximum absolute atomic E-state index is 12.7. The number of nitrogens with zero attached hydrogens (tertiary/aromatic N) is 2. The van der Waals surface area contributed by atoms with Crippen molar-refractivity contribution in [3.8, 4) is 0 Å². The third-order valence-electron chi connectivity index (χ3n) is 6.44. The molecular formula is C30H26N2O8S2-2. The minimum Gasteiger partial charge on any atom is -0.755 e. The zero-order valence-corrected chi connectivity index (χ0v) is 24.4. The van der Waals surface area contributed by atoms with Crippen molar-refractivity contribution >= 4 is 57.2 Å². The maximum atomic E-state index is 12.7. The van der Waals surface area contributed by atoms with E-state index in [-0.39, 0.29) is 34.6 Å². The summed E-state index contributed by atoms with van der Waals surface area (Å²) in [4.78, 5) is 25.0. The van der Waals surface area contributed by atoms with Gasteiger partial charge >= 0.3 is 11.9 Å². The summed E-state index contributed by atoms with van der Waals surface area (Å²) >= 11 is -5.57. The maximum Gasteiger partial charge on any atom is 0.340 e. The van der Waals surface area contributed by atoms with Gasteiger partial charge in [-0.25, -0.2) is 9.59 Å². The van der Waals surface area contributed by atoms with Gasteiger partial charge in [0.25, 0.3) is 0 Å². The third kappa shape index (κ3) is 6.74. The number of carbonyl (C=O) groups is 2. The number of esters is 1. The van der Waals surface area contributed by atoms with Gasteiger partial charge in [-0.15, -0.1) is 0 Å². The first-order valence-corrected chi connectivity index (χ1v) is 14.6. The van der Waals surface area contributed by atoms with Crippen molar-refractivity contribution in [1.29, 1.82) is 0 Å². The fourth-order valence-corrected chi connectivity index (χ4v) is 5.62. The fourth-order valence-electron chi connectivity index (χ4n) is 4.39. The molecule has 0 saturated carbocycles. The number of carbonyl (C=O) groups excluding carboxylic acids is 1. The van der Waals surface area contributed by atoms with Crippen molar-refractivity contribution in [2.45, 2.75) is 20.3 Å². The summed E-state index contributed by atoms with van der Waals surface area (Å²) < 4.78 is 55.6. The van der Waals surface area contributed by atoms with Crippen LogP contribution in [0.25, 0.3) is 0 Å². The molecule has 2 unspecified atom stereocenters. The Hall–Kier alpha value is -4.36. The van der Waals surface area contributed by atoms with E-state index in [1.54, 1.807) is 60.7 Å². The molecule has 10 nitrogen and oxygen atoms in total. The molecule has 0 aliphatic carbocycles. The number of carboxylic acid groups (broad SMARTS) is 1. The Morgan fingerprint density at radius 3 is 1.50 bits per heavy atom. The first-order chi connectivity index (χ1) is 20.0. The van der Waals surface area contributed by atoms with Crippen molar-refractivity contribution < 1.29 is 37.0 Å². The number of anilines is 4. The van der Waals surface area contributed by atoms with E-state index in [1.165, 1.54) is 31.4 Å². The number of benzene rings is 4. The Kier molecular flexibility index (Phi) is 9.53. The second-order valence-electron chi connectivity index (χ2n) is 9.37. The van der Waals surface area contributed by atoms with Crippen LogP contribution in [0.5, 0.6) is 0 Å². The lowest BCUT2D eigenvalue weighted by Crippen LogP contribution is -2.22. The van der Waals surface area contributed by atoms with Gasteiger partial charge in [-0.3, -0.25) is 17.0 Å². The van der Waals surface area contributed by atoms with E-state index in [0.29, 0.717) is 16.8 Å². The molecule has 218 valence electrons.